The molecule has 3 aromatic rings. The summed E-state index contributed by atoms with van der Waals surface area (Å²) in [6, 6.07) is 10.8. The molecule has 0 fully saturated rings. The lowest BCUT2D eigenvalue weighted by Gasteiger charge is -2.12. The summed E-state index contributed by atoms with van der Waals surface area (Å²) in [6.45, 7) is 4.41. The molecule has 7 nitrogen and oxygen atoms in total. The van der Waals surface area contributed by atoms with Gasteiger partial charge in [0.2, 0.25) is 0 Å². The number of anilines is 1. The molecule has 1 aromatic carbocycles. The molecule has 0 aliphatic rings. The average molecular weight is 366 g/mol. The van der Waals surface area contributed by atoms with E-state index in [1.54, 1.807) is 43.8 Å². The van der Waals surface area contributed by atoms with Crippen LogP contribution in [-0.2, 0) is 6.61 Å². The van der Waals surface area contributed by atoms with Crippen LogP contribution in [0.2, 0.25) is 0 Å². The number of nitrogens with one attached hydrogen (secondary N) is 2. The number of amides is 1. The van der Waals surface area contributed by atoms with Crippen LogP contribution >= 0.6 is 0 Å². The molecule has 0 saturated heterocycles. The smallest absolute Gasteiger partial charge is 0.276 e. The fourth-order valence-electron chi connectivity index (χ4n) is 2.46. The number of pyridine rings is 1. The van der Waals surface area contributed by atoms with Crippen molar-refractivity contribution in [3.63, 3.8) is 0 Å². The first-order valence-corrected chi connectivity index (χ1v) is 8.63. The monoisotopic (exact) mass is 366 g/mol. The molecule has 1 amide bonds. The van der Waals surface area contributed by atoms with E-state index in [4.69, 9.17) is 9.47 Å². The number of benzene rings is 1. The highest BCUT2D eigenvalue weighted by atomic mass is 16.5. The van der Waals surface area contributed by atoms with Crippen LogP contribution in [0.1, 0.15) is 41.5 Å². The molecular weight excluding hydrogens is 344 g/mol. The minimum Gasteiger partial charge on any atom is -0.493 e. The Morgan fingerprint density at radius 1 is 1.22 bits per heavy atom. The van der Waals surface area contributed by atoms with Crippen molar-refractivity contribution in [2.24, 2.45) is 0 Å². The molecule has 27 heavy (non-hydrogen) atoms. The summed E-state index contributed by atoms with van der Waals surface area (Å²) in [4.78, 5) is 16.5. The van der Waals surface area contributed by atoms with E-state index in [9.17, 15) is 4.79 Å². The van der Waals surface area contributed by atoms with Crippen LogP contribution in [0, 0.1) is 0 Å². The minimum absolute atomic E-state index is 0.271. The Kier molecular flexibility index (Phi) is 5.71. The third kappa shape index (κ3) is 4.63. The van der Waals surface area contributed by atoms with E-state index in [0.29, 0.717) is 29.5 Å². The van der Waals surface area contributed by atoms with Crippen molar-refractivity contribution in [2.75, 3.05) is 12.4 Å². The first-order chi connectivity index (χ1) is 13.1. The summed E-state index contributed by atoms with van der Waals surface area (Å²) in [5.74, 6) is 1.09. The van der Waals surface area contributed by atoms with Crippen molar-refractivity contribution >= 4 is 11.6 Å². The van der Waals surface area contributed by atoms with Crippen molar-refractivity contribution in [3.05, 3.63) is 65.7 Å². The van der Waals surface area contributed by atoms with Crippen molar-refractivity contribution in [1.82, 2.24) is 15.2 Å². The van der Waals surface area contributed by atoms with Crippen molar-refractivity contribution in [2.45, 2.75) is 26.4 Å². The zero-order chi connectivity index (χ0) is 19.2. The SMILES string of the molecule is COc1ccc(NC(=O)c2cc(C(C)C)[nH]n2)cc1OCc1cccnc1. The average Bonchev–Trinajstić information content (AvgIpc) is 3.18. The first-order valence-electron chi connectivity index (χ1n) is 8.63. The van der Waals surface area contributed by atoms with Gasteiger partial charge in [0.15, 0.2) is 17.2 Å². The Bertz CT molecular complexity index is 907. The molecule has 2 heterocycles. The maximum absolute atomic E-state index is 12.4. The molecule has 2 N–H and O–H groups in total. The van der Waals surface area contributed by atoms with Crippen molar-refractivity contribution < 1.29 is 14.3 Å². The van der Waals surface area contributed by atoms with Crippen molar-refractivity contribution in [3.8, 4) is 11.5 Å². The summed E-state index contributed by atoms with van der Waals surface area (Å²) >= 11 is 0. The zero-order valence-electron chi connectivity index (χ0n) is 15.5. The van der Waals surface area contributed by atoms with E-state index >= 15 is 0 Å². The molecule has 140 valence electrons. The molecule has 2 aromatic heterocycles. The maximum atomic E-state index is 12.4. The van der Waals surface area contributed by atoms with Crippen LogP contribution in [0.25, 0.3) is 0 Å². The Morgan fingerprint density at radius 2 is 2.07 bits per heavy atom. The van der Waals surface area contributed by atoms with Crippen LogP contribution in [0.4, 0.5) is 5.69 Å². The Labute approximate surface area is 157 Å². The standard InChI is InChI=1S/C20H22N4O3/c1-13(2)16-10-17(24-23-16)20(25)22-15-6-7-18(26-3)19(9-15)27-12-14-5-4-8-21-11-14/h4-11,13H,12H2,1-3H3,(H,22,25)(H,23,24). The van der Waals surface area contributed by atoms with E-state index in [2.05, 4.69) is 20.5 Å². The van der Waals surface area contributed by atoms with Crippen LogP contribution in [0.15, 0.2) is 48.8 Å². The van der Waals surface area contributed by atoms with Gasteiger partial charge in [-0.2, -0.15) is 5.10 Å². The lowest BCUT2D eigenvalue weighted by atomic mass is 10.1. The van der Waals surface area contributed by atoms with E-state index in [0.717, 1.165) is 11.3 Å². The number of aromatic nitrogens is 3. The highest BCUT2D eigenvalue weighted by Crippen LogP contribution is 2.31. The molecule has 0 bridgehead atoms. The summed E-state index contributed by atoms with van der Waals surface area (Å²) in [5, 5.41) is 9.78. The Balaban J connectivity index is 1.72. The molecule has 7 heteroatoms. The Hall–Kier alpha value is -3.35. The third-order valence-corrected chi connectivity index (χ3v) is 3.99. The molecule has 0 spiro atoms. The van der Waals surface area contributed by atoms with Gasteiger partial charge in [-0.1, -0.05) is 19.9 Å². The van der Waals surface area contributed by atoms with Crippen LogP contribution < -0.4 is 14.8 Å². The number of methoxy groups -OCH3 is 1. The number of carbonyl (C=O) groups is 1. The van der Waals surface area contributed by atoms with E-state index in [1.807, 2.05) is 26.0 Å². The first kappa shape index (κ1) is 18.4. The zero-order valence-corrected chi connectivity index (χ0v) is 15.5. The molecule has 0 aliphatic heterocycles. The van der Waals surface area contributed by atoms with Gasteiger partial charge in [0.05, 0.1) is 7.11 Å². The number of nitrogens with zero attached hydrogens (tertiary/aromatic N) is 2. The van der Waals surface area contributed by atoms with Gasteiger partial charge in [0, 0.05) is 35.4 Å². The lowest BCUT2D eigenvalue weighted by molar-refractivity contribution is 0.102. The molecule has 0 saturated carbocycles. The number of aromatic amines is 1. The highest BCUT2D eigenvalue weighted by molar-refractivity contribution is 6.03. The fourth-order valence-corrected chi connectivity index (χ4v) is 2.46. The molecule has 3 rings (SSSR count). The van der Waals surface area contributed by atoms with Crippen LogP contribution in [0.3, 0.4) is 0 Å². The summed E-state index contributed by atoms with van der Waals surface area (Å²) in [5.41, 5.74) is 2.78. The number of carbonyl (C=O) groups excluding carboxylic acids is 1. The van der Waals surface area contributed by atoms with Crippen molar-refractivity contribution in [1.29, 1.82) is 0 Å². The van der Waals surface area contributed by atoms with Crippen LogP contribution in [-0.4, -0.2) is 28.2 Å². The number of ether oxygens (including phenoxy) is 2. The second-order valence-corrected chi connectivity index (χ2v) is 6.33. The number of hydrogen-bond acceptors (Lipinski definition) is 5. The van der Waals surface area contributed by atoms with E-state index in [-0.39, 0.29) is 11.8 Å². The number of hydrogen-bond donors (Lipinski definition) is 2. The van der Waals surface area contributed by atoms with Gasteiger partial charge in [-0.25, -0.2) is 0 Å². The molecular formula is C20H22N4O3. The summed E-state index contributed by atoms with van der Waals surface area (Å²) in [7, 11) is 1.57. The van der Waals surface area contributed by atoms with Crippen LogP contribution in [0.5, 0.6) is 11.5 Å². The van der Waals surface area contributed by atoms with E-state index in [1.165, 1.54) is 0 Å². The summed E-state index contributed by atoms with van der Waals surface area (Å²) in [6.07, 6.45) is 3.45. The predicted molar refractivity (Wildman–Crippen MR) is 102 cm³/mol. The molecule has 0 radical (unpaired) electrons. The van der Waals surface area contributed by atoms with Gasteiger partial charge in [0.1, 0.15) is 6.61 Å². The number of rotatable bonds is 7. The van der Waals surface area contributed by atoms with Gasteiger partial charge < -0.3 is 14.8 Å². The minimum atomic E-state index is -0.290. The van der Waals surface area contributed by atoms with E-state index < -0.39 is 0 Å². The maximum Gasteiger partial charge on any atom is 0.276 e. The molecule has 0 aliphatic carbocycles. The van der Waals surface area contributed by atoms with Gasteiger partial charge >= 0.3 is 0 Å². The largest absolute Gasteiger partial charge is 0.493 e. The van der Waals surface area contributed by atoms with Gasteiger partial charge in [-0.15, -0.1) is 0 Å². The van der Waals surface area contributed by atoms with Gasteiger partial charge in [-0.3, -0.25) is 14.9 Å². The fraction of sp³-hybridized carbons (Fsp3) is 0.250. The summed E-state index contributed by atoms with van der Waals surface area (Å²) < 4.78 is 11.2. The second-order valence-electron chi connectivity index (χ2n) is 6.33. The normalized spacial score (nSPS) is 10.7. The lowest BCUT2D eigenvalue weighted by Crippen LogP contribution is -2.12. The molecule has 0 unspecified atom stereocenters. The predicted octanol–water partition coefficient (Wildman–Crippen LogP) is 3.77. The highest BCUT2D eigenvalue weighted by Gasteiger charge is 2.14. The topological polar surface area (TPSA) is 89.1 Å². The quantitative estimate of drug-likeness (QED) is 0.664. The second kappa shape index (κ2) is 8.35. The Morgan fingerprint density at radius 3 is 2.74 bits per heavy atom. The van der Waals surface area contributed by atoms with Gasteiger partial charge in [-0.05, 0) is 30.2 Å². The number of H-pyrrole nitrogens is 1. The molecule has 0 atom stereocenters. The third-order valence-electron chi connectivity index (χ3n) is 3.99. The van der Waals surface area contributed by atoms with Gasteiger partial charge in [0.25, 0.3) is 5.91 Å².